The lowest BCUT2D eigenvalue weighted by atomic mass is 10.0. The molecule has 2 aromatic carbocycles. The predicted molar refractivity (Wildman–Crippen MR) is 77.9 cm³/mol. The summed E-state index contributed by atoms with van der Waals surface area (Å²) in [5, 5.41) is 0. The van der Waals surface area contributed by atoms with Crippen LogP contribution < -0.4 is 4.90 Å². The van der Waals surface area contributed by atoms with Crippen LogP contribution in [0.15, 0.2) is 66.7 Å². The summed E-state index contributed by atoms with van der Waals surface area (Å²) in [6.07, 6.45) is 2.46. The number of ketones is 1. The van der Waals surface area contributed by atoms with Gasteiger partial charge in [-0.15, -0.1) is 0 Å². The van der Waals surface area contributed by atoms with Gasteiger partial charge in [-0.2, -0.15) is 0 Å². The second kappa shape index (κ2) is 5.17. The Kier molecular flexibility index (Phi) is 3.20. The van der Waals surface area contributed by atoms with Crippen molar-refractivity contribution in [3.63, 3.8) is 0 Å². The molecular formula is C17H11NO3. The van der Waals surface area contributed by atoms with Crippen molar-refractivity contribution in [2.45, 2.75) is 0 Å². The molecule has 0 saturated heterocycles. The summed E-state index contributed by atoms with van der Waals surface area (Å²) < 4.78 is 0. The molecule has 0 radical (unpaired) electrons. The van der Waals surface area contributed by atoms with Crippen molar-refractivity contribution in [1.29, 1.82) is 0 Å². The molecule has 0 N–H and O–H groups in total. The molecule has 1 aliphatic heterocycles. The highest BCUT2D eigenvalue weighted by Gasteiger charge is 2.25. The molecule has 0 saturated carbocycles. The Balaban J connectivity index is 1.87. The van der Waals surface area contributed by atoms with Crippen molar-refractivity contribution in [2.24, 2.45) is 0 Å². The number of hydrogen-bond donors (Lipinski definition) is 0. The van der Waals surface area contributed by atoms with E-state index in [2.05, 4.69) is 0 Å². The molecule has 4 nitrogen and oxygen atoms in total. The molecule has 0 bridgehead atoms. The van der Waals surface area contributed by atoms with Crippen LogP contribution in [0.3, 0.4) is 0 Å². The lowest BCUT2D eigenvalue weighted by Crippen LogP contribution is -2.29. The van der Waals surface area contributed by atoms with Crippen LogP contribution in [0.1, 0.15) is 15.9 Å². The van der Waals surface area contributed by atoms with E-state index in [0.717, 1.165) is 4.90 Å². The van der Waals surface area contributed by atoms with Gasteiger partial charge in [0.15, 0.2) is 5.78 Å². The number of imide groups is 1. The largest absolute Gasteiger partial charge is 0.289 e. The number of amides is 2. The van der Waals surface area contributed by atoms with Crippen molar-refractivity contribution >= 4 is 23.3 Å². The van der Waals surface area contributed by atoms with Crippen LogP contribution in [0.2, 0.25) is 0 Å². The zero-order valence-electron chi connectivity index (χ0n) is 11.0. The van der Waals surface area contributed by atoms with E-state index in [9.17, 15) is 14.4 Å². The topological polar surface area (TPSA) is 54.5 Å². The molecule has 3 rings (SSSR count). The van der Waals surface area contributed by atoms with Gasteiger partial charge in [-0.05, 0) is 24.3 Å². The highest BCUT2D eigenvalue weighted by Crippen LogP contribution is 2.20. The molecule has 0 atom stereocenters. The van der Waals surface area contributed by atoms with Crippen LogP contribution in [-0.2, 0) is 9.59 Å². The Labute approximate surface area is 121 Å². The van der Waals surface area contributed by atoms with Gasteiger partial charge in [-0.1, -0.05) is 30.3 Å². The first-order valence-electron chi connectivity index (χ1n) is 6.43. The van der Waals surface area contributed by atoms with Crippen molar-refractivity contribution in [3.05, 3.63) is 77.9 Å². The molecule has 4 heteroatoms. The molecule has 0 fully saturated rings. The quantitative estimate of drug-likeness (QED) is 0.639. The number of rotatable bonds is 3. The summed E-state index contributed by atoms with van der Waals surface area (Å²) in [6.45, 7) is 0. The third-order valence-corrected chi connectivity index (χ3v) is 3.23. The Bertz CT molecular complexity index is 727. The predicted octanol–water partition coefficient (Wildman–Crippen LogP) is 2.35. The molecule has 21 heavy (non-hydrogen) atoms. The summed E-state index contributed by atoms with van der Waals surface area (Å²) in [5.41, 5.74) is 1.57. The number of anilines is 1. The minimum atomic E-state index is -0.373. The van der Waals surface area contributed by atoms with Gasteiger partial charge in [0.05, 0.1) is 5.69 Å². The lowest BCUT2D eigenvalue weighted by molar-refractivity contribution is -0.119. The number of hydrogen-bond acceptors (Lipinski definition) is 3. The zero-order chi connectivity index (χ0) is 14.8. The summed E-state index contributed by atoms with van der Waals surface area (Å²) in [7, 11) is 0. The summed E-state index contributed by atoms with van der Waals surface area (Å²) >= 11 is 0. The fourth-order valence-electron chi connectivity index (χ4n) is 2.17. The highest BCUT2D eigenvalue weighted by molar-refractivity contribution is 6.28. The van der Waals surface area contributed by atoms with E-state index in [1.807, 2.05) is 6.07 Å². The van der Waals surface area contributed by atoms with Crippen LogP contribution in [0.5, 0.6) is 0 Å². The Morgan fingerprint density at radius 3 is 1.81 bits per heavy atom. The van der Waals surface area contributed by atoms with Gasteiger partial charge in [0.1, 0.15) is 0 Å². The minimum absolute atomic E-state index is 0.0978. The van der Waals surface area contributed by atoms with Crippen LogP contribution >= 0.6 is 0 Å². The van der Waals surface area contributed by atoms with Crippen molar-refractivity contribution in [2.75, 3.05) is 4.90 Å². The van der Waals surface area contributed by atoms with Crippen LogP contribution in [-0.4, -0.2) is 17.6 Å². The summed E-state index contributed by atoms with van der Waals surface area (Å²) in [4.78, 5) is 36.5. The highest BCUT2D eigenvalue weighted by atomic mass is 16.2. The van der Waals surface area contributed by atoms with Crippen molar-refractivity contribution in [3.8, 4) is 0 Å². The molecule has 1 heterocycles. The Morgan fingerprint density at radius 1 is 0.714 bits per heavy atom. The SMILES string of the molecule is O=C(c1ccccc1)c1ccc(N2C(=O)C=CC2=O)cc1. The van der Waals surface area contributed by atoms with Gasteiger partial charge >= 0.3 is 0 Å². The Morgan fingerprint density at radius 2 is 1.24 bits per heavy atom. The molecule has 0 spiro atoms. The lowest BCUT2D eigenvalue weighted by Gasteiger charge is -2.13. The molecule has 2 aromatic rings. The van der Waals surface area contributed by atoms with Crippen LogP contribution in [0.4, 0.5) is 5.69 Å². The van der Waals surface area contributed by atoms with Crippen molar-refractivity contribution < 1.29 is 14.4 Å². The van der Waals surface area contributed by atoms with Gasteiger partial charge < -0.3 is 0 Å². The monoisotopic (exact) mass is 277 g/mol. The average molecular weight is 277 g/mol. The fraction of sp³-hybridized carbons (Fsp3) is 0. The number of carbonyl (C=O) groups is 3. The van der Waals surface area contributed by atoms with E-state index in [4.69, 9.17) is 0 Å². The first-order chi connectivity index (χ1) is 10.2. The van der Waals surface area contributed by atoms with E-state index in [1.54, 1.807) is 48.5 Å². The minimum Gasteiger partial charge on any atom is -0.289 e. The maximum Gasteiger partial charge on any atom is 0.258 e. The normalized spacial score (nSPS) is 13.8. The number of nitrogens with zero attached hydrogens (tertiary/aromatic N) is 1. The van der Waals surface area contributed by atoms with E-state index in [1.165, 1.54) is 12.2 Å². The van der Waals surface area contributed by atoms with Crippen LogP contribution in [0, 0.1) is 0 Å². The van der Waals surface area contributed by atoms with E-state index < -0.39 is 0 Å². The third-order valence-electron chi connectivity index (χ3n) is 3.23. The first kappa shape index (κ1) is 13.0. The second-order valence-electron chi connectivity index (χ2n) is 4.59. The molecule has 2 amide bonds. The molecule has 102 valence electrons. The first-order valence-corrected chi connectivity index (χ1v) is 6.43. The molecule has 1 aliphatic rings. The van der Waals surface area contributed by atoms with E-state index in [0.29, 0.717) is 16.8 Å². The summed E-state index contributed by atoms with van der Waals surface area (Å²) in [6, 6.07) is 15.4. The Hall–Kier alpha value is -3.01. The second-order valence-corrected chi connectivity index (χ2v) is 4.59. The molecule has 0 unspecified atom stereocenters. The molecular weight excluding hydrogens is 266 g/mol. The fourth-order valence-corrected chi connectivity index (χ4v) is 2.17. The van der Waals surface area contributed by atoms with Crippen LogP contribution in [0.25, 0.3) is 0 Å². The number of carbonyl (C=O) groups excluding carboxylic acids is 3. The van der Waals surface area contributed by atoms with Gasteiger partial charge in [-0.25, -0.2) is 4.90 Å². The third kappa shape index (κ3) is 2.39. The van der Waals surface area contributed by atoms with Gasteiger partial charge in [0, 0.05) is 23.3 Å². The maximum atomic E-state index is 12.2. The summed E-state index contributed by atoms with van der Waals surface area (Å²) in [5.74, 6) is -0.844. The average Bonchev–Trinajstić information content (AvgIpc) is 2.87. The molecule has 0 aromatic heterocycles. The maximum absolute atomic E-state index is 12.2. The smallest absolute Gasteiger partial charge is 0.258 e. The van der Waals surface area contributed by atoms with Gasteiger partial charge in [-0.3, -0.25) is 14.4 Å². The van der Waals surface area contributed by atoms with Gasteiger partial charge in [0.25, 0.3) is 11.8 Å². The molecule has 0 aliphatic carbocycles. The standard InChI is InChI=1S/C17H11NO3/c19-15-10-11-16(20)18(15)14-8-6-13(7-9-14)17(21)12-4-2-1-3-5-12/h1-11H. The number of benzene rings is 2. The van der Waals surface area contributed by atoms with Crippen molar-refractivity contribution in [1.82, 2.24) is 0 Å². The van der Waals surface area contributed by atoms with Gasteiger partial charge in [0.2, 0.25) is 0 Å². The zero-order valence-corrected chi connectivity index (χ0v) is 11.0. The van der Waals surface area contributed by atoms with E-state index in [-0.39, 0.29) is 17.6 Å². The van der Waals surface area contributed by atoms with E-state index >= 15 is 0 Å².